The van der Waals surface area contributed by atoms with Crippen LogP contribution in [0.3, 0.4) is 0 Å². The van der Waals surface area contributed by atoms with E-state index in [9.17, 15) is 4.79 Å². The predicted molar refractivity (Wildman–Crippen MR) is 157 cm³/mol. The number of nitrogens with zero attached hydrogens (tertiary/aromatic N) is 4. The van der Waals surface area contributed by atoms with E-state index in [-0.39, 0.29) is 17.8 Å². The molecule has 5 aromatic rings. The van der Waals surface area contributed by atoms with Crippen LogP contribution in [0, 0.1) is 6.92 Å². The molecule has 5 rings (SSSR count). The van der Waals surface area contributed by atoms with Crippen molar-refractivity contribution >= 4 is 44.9 Å². The lowest BCUT2D eigenvalue weighted by molar-refractivity contribution is -0.113. The first-order chi connectivity index (χ1) is 18.9. The van der Waals surface area contributed by atoms with E-state index in [1.165, 1.54) is 22.0 Å². The average molecular weight is 560 g/mol. The lowest BCUT2D eigenvalue weighted by atomic mass is 10.2. The van der Waals surface area contributed by atoms with Gasteiger partial charge in [-0.25, -0.2) is 4.98 Å². The third kappa shape index (κ3) is 6.23. The number of carbonyl (C=O) groups excluding carboxylic acids is 1. The van der Waals surface area contributed by atoms with E-state index in [0.717, 1.165) is 27.5 Å². The Hall–Kier alpha value is -3.89. The molecule has 1 unspecified atom stereocenters. The number of nitrogens with one attached hydrogen (secondary N) is 1. The minimum Gasteiger partial charge on any atom is -0.497 e. The van der Waals surface area contributed by atoms with Gasteiger partial charge in [0.2, 0.25) is 5.91 Å². The van der Waals surface area contributed by atoms with Crippen molar-refractivity contribution in [1.29, 1.82) is 0 Å². The van der Waals surface area contributed by atoms with Gasteiger partial charge in [-0.2, -0.15) is 0 Å². The lowest BCUT2D eigenvalue weighted by Gasteiger charge is -2.15. The number of thioether (sulfide) groups is 1. The van der Waals surface area contributed by atoms with Crippen LogP contribution in [-0.4, -0.2) is 38.5 Å². The fourth-order valence-corrected chi connectivity index (χ4v) is 5.97. The Morgan fingerprint density at radius 2 is 1.79 bits per heavy atom. The van der Waals surface area contributed by atoms with E-state index in [0.29, 0.717) is 23.3 Å². The molecule has 3 aromatic carbocycles. The van der Waals surface area contributed by atoms with Crippen LogP contribution in [-0.2, 0) is 11.3 Å². The van der Waals surface area contributed by atoms with Crippen molar-refractivity contribution in [3.63, 3.8) is 0 Å². The summed E-state index contributed by atoms with van der Waals surface area (Å²) in [5.41, 5.74) is 3.98. The van der Waals surface area contributed by atoms with E-state index in [4.69, 9.17) is 14.5 Å². The number of carbonyl (C=O) groups is 1. The fourth-order valence-electron chi connectivity index (χ4n) is 4.09. The molecule has 1 amide bonds. The minimum absolute atomic E-state index is 0.113. The van der Waals surface area contributed by atoms with E-state index in [2.05, 4.69) is 34.6 Å². The molecule has 1 N–H and O–H groups in total. The van der Waals surface area contributed by atoms with Crippen LogP contribution in [0.4, 0.5) is 5.69 Å². The Kier molecular flexibility index (Phi) is 8.13. The monoisotopic (exact) mass is 559 g/mol. The largest absolute Gasteiger partial charge is 0.497 e. The van der Waals surface area contributed by atoms with Crippen molar-refractivity contribution in [3.05, 3.63) is 78.1 Å². The summed E-state index contributed by atoms with van der Waals surface area (Å²) in [6.45, 7) is 6.69. The van der Waals surface area contributed by atoms with Gasteiger partial charge in [-0.3, -0.25) is 4.79 Å². The van der Waals surface area contributed by atoms with Crippen LogP contribution in [0.2, 0.25) is 0 Å². The Bertz CT molecular complexity index is 1580. The van der Waals surface area contributed by atoms with Crippen LogP contribution in [0.15, 0.2) is 71.9 Å². The standard InChI is InChI=1S/C29H29N5O3S2/c1-5-34-27(19(3)37-23-13-11-22(36-4)12-14-23)32-33-29(34)38-17-26(35)30-21-9-7-20(8-10-21)28-31-24-15-6-18(2)16-25(24)39-28/h6-16,19H,5,17H2,1-4H3,(H,30,35). The van der Waals surface area contributed by atoms with Crippen LogP contribution >= 0.6 is 23.1 Å². The molecule has 0 saturated carbocycles. The van der Waals surface area contributed by atoms with E-state index >= 15 is 0 Å². The number of ether oxygens (including phenoxy) is 2. The van der Waals surface area contributed by atoms with E-state index in [1.807, 2.05) is 73.0 Å². The van der Waals surface area contributed by atoms with Gasteiger partial charge in [0, 0.05) is 17.8 Å². The molecule has 39 heavy (non-hydrogen) atoms. The summed E-state index contributed by atoms with van der Waals surface area (Å²) in [5.74, 6) is 2.29. The Morgan fingerprint density at radius 1 is 1.05 bits per heavy atom. The molecule has 0 bridgehead atoms. The van der Waals surface area contributed by atoms with Gasteiger partial charge in [0.25, 0.3) is 0 Å². The Balaban J connectivity index is 1.18. The van der Waals surface area contributed by atoms with E-state index < -0.39 is 0 Å². The molecule has 0 saturated heterocycles. The molecule has 1 atom stereocenters. The van der Waals surface area contributed by atoms with Crippen LogP contribution in [0.1, 0.15) is 31.3 Å². The maximum absolute atomic E-state index is 12.7. The lowest BCUT2D eigenvalue weighted by Crippen LogP contribution is -2.15. The number of anilines is 1. The molecule has 2 aromatic heterocycles. The van der Waals surface area contributed by atoms with Crippen LogP contribution in [0.25, 0.3) is 20.8 Å². The molecule has 8 nitrogen and oxygen atoms in total. The Labute approximate surface area is 235 Å². The molecule has 0 aliphatic heterocycles. The zero-order chi connectivity index (χ0) is 27.4. The van der Waals surface area contributed by atoms with Gasteiger partial charge in [0.1, 0.15) is 16.5 Å². The number of aryl methyl sites for hydroxylation is 1. The summed E-state index contributed by atoms with van der Waals surface area (Å²) in [7, 11) is 1.63. The summed E-state index contributed by atoms with van der Waals surface area (Å²) >= 11 is 3.02. The number of thiazole rings is 1. The number of aromatic nitrogens is 4. The quantitative estimate of drug-likeness (QED) is 0.189. The third-order valence-corrected chi connectivity index (χ3v) is 8.12. The summed E-state index contributed by atoms with van der Waals surface area (Å²) in [6, 6.07) is 21.5. The maximum atomic E-state index is 12.7. The summed E-state index contributed by atoms with van der Waals surface area (Å²) in [6.07, 6.45) is -0.313. The topological polar surface area (TPSA) is 91.2 Å². The normalized spacial score (nSPS) is 11.9. The fraction of sp³-hybridized carbons (Fsp3) is 0.241. The van der Waals surface area contributed by atoms with Gasteiger partial charge >= 0.3 is 0 Å². The molecule has 0 fully saturated rings. The first-order valence-corrected chi connectivity index (χ1v) is 14.4. The molecule has 2 heterocycles. The molecule has 200 valence electrons. The second kappa shape index (κ2) is 11.9. The second-order valence-electron chi connectivity index (χ2n) is 8.93. The van der Waals surface area contributed by atoms with Crippen molar-refractivity contribution in [1.82, 2.24) is 19.7 Å². The summed E-state index contributed by atoms with van der Waals surface area (Å²) in [4.78, 5) is 17.4. The van der Waals surface area contributed by atoms with Gasteiger partial charge in [0.15, 0.2) is 17.1 Å². The van der Waals surface area contributed by atoms with Crippen LogP contribution < -0.4 is 14.8 Å². The first-order valence-electron chi connectivity index (χ1n) is 12.6. The smallest absolute Gasteiger partial charge is 0.234 e. The van der Waals surface area contributed by atoms with Gasteiger partial charge in [-0.15, -0.1) is 21.5 Å². The number of amides is 1. The highest BCUT2D eigenvalue weighted by Crippen LogP contribution is 2.31. The first kappa shape index (κ1) is 26.7. The zero-order valence-electron chi connectivity index (χ0n) is 22.2. The molecular weight excluding hydrogens is 530 g/mol. The number of benzene rings is 3. The number of fused-ring (bicyclic) bond motifs is 1. The van der Waals surface area contributed by atoms with Gasteiger partial charge in [-0.1, -0.05) is 17.8 Å². The summed E-state index contributed by atoms with van der Waals surface area (Å²) in [5, 5.41) is 13.3. The average Bonchev–Trinajstić information content (AvgIpc) is 3.56. The van der Waals surface area contributed by atoms with Crippen molar-refractivity contribution in [2.45, 2.75) is 38.6 Å². The number of methoxy groups -OCH3 is 1. The molecular formula is C29H29N5O3S2. The zero-order valence-corrected chi connectivity index (χ0v) is 23.8. The number of hydrogen-bond acceptors (Lipinski definition) is 8. The number of rotatable bonds is 10. The highest BCUT2D eigenvalue weighted by molar-refractivity contribution is 7.99. The maximum Gasteiger partial charge on any atom is 0.234 e. The molecule has 0 radical (unpaired) electrons. The molecule has 0 spiro atoms. The second-order valence-corrected chi connectivity index (χ2v) is 10.9. The van der Waals surface area contributed by atoms with Gasteiger partial charge in [-0.05, 0) is 87.0 Å². The van der Waals surface area contributed by atoms with Crippen molar-refractivity contribution in [3.8, 4) is 22.1 Å². The van der Waals surface area contributed by atoms with Crippen molar-refractivity contribution in [2.24, 2.45) is 0 Å². The molecule has 10 heteroatoms. The third-order valence-electron chi connectivity index (χ3n) is 6.09. The highest BCUT2D eigenvalue weighted by Gasteiger charge is 2.19. The van der Waals surface area contributed by atoms with E-state index in [1.54, 1.807) is 18.4 Å². The molecule has 0 aliphatic carbocycles. The minimum atomic E-state index is -0.313. The van der Waals surface area contributed by atoms with Crippen molar-refractivity contribution < 1.29 is 14.3 Å². The SMILES string of the molecule is CCn1c(SCC(=O)Nc2ccc(-c3nc4ccc(C)cc4s3)cc2)nnc1C(C)Oc1ccc(OC)cc1. The van der Waals surface area contributed by atoms with Crippen LogP contribution in [0.5, 0.6) is 11.5 Å². The predicted octanol–water partition coefficient (Wildman–Crippen LogP) is 6.76. The number of hydrogen-bond donors (Lipinski definition) is 1. The molecule has 0 aliphatic rings. The van der Waals surface area contributed by atoms with Gasteiger partial charge in [0.05, 0.1) is 23.1 Å². The summed E-state index contributed by atoms with van der Waals surface area (Å²) < 4.78 is 14.4. The van der Waals surface area contributed by atoms with Gasteiger partial charge < -0.3 is 19.4 Å². The Morgan fingerprint density at radius 3 is 2.51 bits per heavy atom. The van der Waals surface area contributed by atoms with Crippen molar-refractivity contribution in [2.75, 3.05) is 18.2 Å². The highest BCUT2D eigenvalue weighted by atomic mass is 32.2.